The lowest BCUT2D eigenvalue weighted by Crippen LogP contribution is -2.02. The molecule has 0 N–H and O–H groups in total. The first-order chi connectivity index (χ1) is 7.22. The van der Waals surface area contributed by atoms with E-state index in [1.54, 1.807) is 12.3 Å². The number of rotatable bonds is 2. The second-order valence-electron chi connectivity index (χ2n) is 2.90. The van der Waals surface area contributed by atoms with Gasteiger partial charge in [-0.15, -0.1) is 0 Å². The second-order valence-corrected chi connectivity index (χ2v) is 3.81. The van der Waals surface area contributed by atoms with Crippen LogP contribution in [0.3, 0.4) is 0 Å². The van der Waals surface area contributed by atoms with Gasteiger partial charge < -0.3 is 0 Å². The predicted molar refractivity (Wildman–Crippen MR) is 56.6 cm³/mol. The topological polar surface area (TPSA) is 34.9 Å². The highest BCUT2D eigenvalue weighted by Crippen LogP contribution is 2.18. The number of benzene rings is 1. The fourth-order valence-corrected chi connectivity index (χ4v) is 1.58. The molecule has 76 valence electrons. The molecule has 2 rings (SSSR count). The van der Waals surface area contributed by atoms with Gasteiger partial charge in [-0.25, -0.2) is 9.07 Å². The lowest BCUT2D eigenvalue weighted by atomic mass is 10.2. The van der Waals surface area contributed by atoms with Crippen molar-refractivity contribution in [1.82, 2.24) is 9.78 Å². The van der Waals surface area contributed by atoms with Crippen LogP contribution in [0.15, 0.2) is 35.1 Å². The van der Waals surface area contributed by atoms with Gasteiger partial charge in [-0.2, -0.15) is 5.10 Å². The maximum absolute atomic E-state index is 13.5. The van der Waals surface area contributed by atoms with E-state index in [1.807, 2.05) is 0 Å². The van der Waals surface area contributed by atoms with E-state index in [2.05, 4.69) is 21.0 Å². The highest BCUT2D eigenvalue weighted by atomic mass is 79.9. The largest absolute Gasteiger partial charge is 0.298 e. The van der Waals surface area contributed by atoms with Gasteiger partial charge in [0.15, 0.2) is 6.29 Å². The number of para-hydroxylation sites is 1. The molecule has 0 radical (unpaired) electrons. The average Bonchev–Trinajstić information content (AvgIpc) is 2.64. The maximum atomic E-state index is 13.5. The third kappa shape index (κ3) is 1.83. The Morgan fingerprint density at radius 2 is 2.27 bits per heavy atom. The minimum Gasteiger partial charge on any atom is -0.298 e. The molecule has 5 heteroatoms. The molecule has 0 saturated carbocycles. The molecular weight excluding hydrogens is 263 g/mol. The number of nitrogens with zero attached hydrogens (tertiary/aromatic N) is 2. The Labute approximate surface area is 93.7 Å². The van der Waals surface area contributed by atoms with Crippen molar-refractivity contribution >= 4 is 22.2 Å². The molecular formula is C10H6BrFN2O. The van der Waals surface area contributed by atoms with E-state index >= 15 is 0 Å². The van der Waals surface area contributed by atoms with Crippen molar-refractivity contribution in [2.75, 3.05) is 0 Å². The Bertz CT molecular complexity index is 510. The number of hydrogen-bond acceptors (Lipinski definition) is 2. The van der Waals surface area contributed by atoms with Crippen molar-refractivity contribution in [3.05, 3.63) is 46.4 Å². The molecule has 1 aromatic heterocycles. The van der Waals surface area contributed by atoms with E-state index in [-0.39, 0.29) is 11.3 Å². The summed E-state index contributed by atoms with van der Waals surface area (Å²) < 4.78 is 15.5. The molecule has 0 saturated heterocycles. The molecule has 0 atom stereocenters. The Morgan fingerprint density at radius 3 is 2.87 bits per heavy atom. The number of carbonyl (C=O) groups excluding carboxylic acids is 1. The molecule has 0 fully saturated rings. The van der Waals surface area contributed by atoms with Gasteiger partial charge >= 0.3 is 0 Å². The van der Waals surface area contributed by atoms with Crippen molar-refractivity contribution < 1.29 is 9.18 Å². The van der Waals surface area contributed by atoms with Crippen molar-refractivity contribution in [1.29, 1.82) is 0 Å². The van der Waals surface area contributed by atoms with Gasteiger partial charge in [0.25, 0.3) is 0 Å². The normalized spacial score (nSPS) is 10.3. The number of aromatic nitrogens is 2. The van der Waals surface area contributed by atoms with Crippen LogP contribution >= 0.6 is 15.9 Å². The number of carbonyl (C=O) groups is 1. The molecule has 1 aromatic carbocycles. The van der Waals surface area contributed by atoms with E-state index in [0.717, 1.165) is 4.47 Å². The van der Waals surface area contributed by atoms with E-state index in [0.29, 0.717) is 6.29 Å². The van der Waals surface area contributed by atoms with Crippen LogP contribution in [0.2, 0.25) is 0 Å². The molecule has 0 bridgehead atoms. The lowest BCUT2D eigenvalue weighted by Gasteiger charge is -2.05. The van der Waals surface area contributed by atoms with Crippen LogP contribution in [-0.2, 0) is 0 Å². The van der Waals surface area contributed by atoms with Crippen molar-refractivity contribution in [2.24, 2.45) is 0 Å². The van der Waals surface area contributed by atoms with Gasteiger partial charge in [0.2, 0.25) is 0 Å². The molecule has 0 unspecified atom stereocenters. The summed E-state index contributed by atoms with van der Waals surface area (Å²) in [6, 6.07) is 4.32. The Morgan fingerprint density at radius 1 is 1.47 bits per heavy atom. The van der Waals surface area contributed by atoms with Gasteiger partial charge in [0.05, 0.1) is 10.7 Å². The summed E-state index contributed by atoms with van der Waals surface area (Å²) in [5.74, 6) is -0.477. The van der Waals surface area contributed by atoms with Crippen LogP contribution in [0.5, 0.6) is 0 Å². The summed E-state index contributed by atoms with van der Waals surface area (Å²) in [5.41, 5.74) is 0.434. The number of halogens is 2. The van der Waals surface area contributed by atoms with E-state index in [1.165, 1.54) is 23.0 Å². The fourth-order valence-electron chi connectivity index (χ4n) is 1.29. The summed E-state index contributed by atoms with van der Waals surface area (Å²) in [4.78, 5) is 10.7. The SMILES string of the molecule is O=Cc1cccc(F)c1-n1cc(Br)cn1. The first-order valence-corrected chi connectivity index (χ1v) is 4.96. The molecule has 3 nitrogen and oxygen atoms in total. The zero-order valence-corrected chi connectivity index (χ0v) is 9.11. The molecule has 0 amide bonds. The third-order valence-electron chi connectivity index (χ3n) is 1.93. The zero-order chi connectivity index (χ0) is 10.8. The molecule has 1 heterocycles. The summed E-state index contributed by atoms with van der Waals surface area (Å²) >= 11 is 3.21. The summed E-state index contributed by atoms with van der Waals surface area (Å²) in [6.45, 7) is 0. The number of hydrogen-bond donors (Lipinski definition) is 0. The standard InChI is InChI=1S/C10H6BrFN2O/c11-8-4-13-14(5-8)10-7(6-15)2-1-3-9(10)12/h1-6H. The van der Waals surface area contributed by atoms with Crippen molar-refractivity contribution in [2.45, 2.75) is 0 Å². The lowest BCUT2D eigenvalue weighted by molar-refractivity contribution is 0.112. The molecule has 0 aliphatic rings. The van der Waals surface area contributed by atoms with Gasteiger partial charge in [0, 0.05) is 11.8 Å². The van der Waals surface area contributed by atoms with Crippen molar-refractivity contribution in [3.63, 3.8) is 0 Å². The number of aldehydes is 1. The Kier molecular flexibility index (Phi) is 2.64. The van der Waals surface area contributed by atoms with E-state index in [9.17, 15) is 9.18 Å². The van der Waals surface area contributed by atoms with Crippen LogP contribution in [-0.4, -0.2) is 16.1 Å². The first-order valence-electron chi connectivity index (χ1n) is 4.16. The van der Waals surface area contributed by atoms with Gasteiger partial charge in [0.1, 0.15) is 11.5 Å². The van der Waals surface area contributed by atoms with Gasteiger partial charge in [-0.1, -0.05) is 6.07 Å². The first kappa shape index (κ1) is 10.0. The van der Waals surface area contributed by atoms with Crippen LogP contribution in [0, 0.1) is 5.82 Å². The molecule has 0 aliphatic carbocycles. The van der Waals surface area contributed by atoms with Crippen LogP contribution in [0.1, 0.15) is 10.4 Å². The summed E-state index contributed by atoms with van der Waals surface area (Å²) in [5, 5.41) is 3.93. The minimum absolute atomic E-state index is 0.165. The third-order valence-corrected chi connectivity index (χ3v) is 2.33. The van der Waals surface area contributed by atoms with Gasteiger partial charge in [-0.05, 0) is 28.1 Å². The highest BCUT2D eigenvalue weighted by molar-refractivity contribution is 9.10. The summed E-state index contributed by atoms with van der Waals surface area (Å²) in [6.07, 6.45) is 3.72. The summed E-state index contributed by atoms with van der Waals surface area (Å²) in [7, 11) is 0. The van der Waals surface area contributed by atoms with Crippen LogP contribution in [0.25, 0.3) is 5.69 Å². The maximum Gasteiger partial charge on any atom is 0.152 e. The molecule has 0 aliphatic heterocycles. The fraction of sp³-hybridized carbons (Fsp3) is 0. The average molecular weight is 269 g/mol. The van der Waals surface area contributed by atoms with E-state index < -0.39 is 5.82 Å². The van der Waals surface area contributed by atoms with E-state index in [4.69, 9.17) is 0 Å². The highest BCUT2D eigenvalue weighted by Gasteiger charge is 2.10. The van der Waals surface area contributed by atoms with Crippen molar-refractivity contribution in [3.8, 4) is 5.69 Å². The zero-order valence-electron chi connectivity index (χ0n) is 7.52. The molecule has 0 spiro atoms. The van der Waals surface area contributed by atoms with Gasteiger partial charge in [-0.3, -0.25) is 4.79 Å². The Hall–Kier alpha value is -1.49. The monoisotopic (exact) mass is 268 g/mol. The smallest absolute Gasteiger partial charge is 0.152 e. The molecule has 2 aromatic rings. The second kappa shape index (κ2) is 3.94. The van der Waals surface area contributed by atoms with Crippen LogP contribution < -0.4 is 0 Å². The van der Waals surface area contributed by atoms with Crippen LogP contribution in [0.4, 0.5) is 4.39 Å². The quantitative estimate of drug-likeness (QED) is 0.785. The Balaban J connectivity index is 2.65. The minimum atomic E-state index is -0.477. The molecule has 15 heavy (non-hydrogen) atoms. The predicted octanol–water partition coefficient (Wildman–Crippen LogP) is 2.59.